The number of hydrogen-bond donors (Lipinski definition) is 0. The average molecular weight is 393 g/mol. The van der Waals surface area contributed by atoms with E-state index < -0.39 is 0 Å². The number of pyridine rings is 1. The molecule has 0 fully saturated rings. The van der Waals surface area contributed by atoms with Crippen LogP contribution in [0.3, 0.4) is 0 Å². The fourth-order valence-electron chi connectivity index (χ4n) is 3.00. The van der Waals surface area contributed by atoms with Crippen LogP contribution in [0.15, 0.2) is 53.2 Å². The van der Waals surface area contributed by atoms with E-state index in [1.54, 1.807) is 17.3 Å². The first-order valence-electron chi connectivity index (χ1n) is 9.85. The van der Waals surface area contributed by atoms with Gasteiger partial charge in [0.05, 0.1) is 6.54 Å². The summed E-state index contributed by atoms with van der Waals surface area (Å²) in [5.41, 5.74) is 2.83. The van der Waals surface area contributed by atoms with Crippen LogP contribution in [-0.2, 0) is 17.8 Å². The number of nitrogens with zero attached hydrogens (tertiary/aromatic N) is 3. The van der Waals surface area contributed by atoms with Crippen molar-refractivity contribution in [1.82, 2.24) is 14.9 Å². The van der Waals surface area contributed by atoms with Gasteiger partial charge in [-0.2, -0.15) is 0 Å². The highest BCUT2D eigenvalue weighted by molar-refractivity contribution is 5.78. The van der Waals surface area contributed by atoms with Gasteiger partial charge in [0.2, 0.25) is 5.89 Å². The van der Waals surface area contributed by atoms with E-state index >= 15 is 0 Å². The lowest BCUT2D eigenvalue weighted by molar-refractivity contribution is -0.136. The van der Waals surface area contributed by atoms with E-state index in [2.05, 4.69) is 9.97 Å². The molecular formula is C23H27N3O3. The summed E-state index contributed by atoms with van der Waals surface area (Å²) in [6, 6.07) is 11.5. The van der Waals surface area contributed by atoms with Gasteiger partial charge in [0, 0.05) is 30.4 Å². The summed E-state index contributed by atoms with van der Waals surface area (Å²) < 4.78 is 11.6. The molecule has 0 unspecified atom stereocenters. The van der Waals surface area contributed by atoms with Crippen molar-refractivity contribution in [1.29, 1.82) is 0 Å². The summed E-state index contributed by atoms with van der Waals surface area (Å²) in [4.78, 5) is 23.3. The minimum atomic E-state index is -0.111. The number of oxazole rings is 1. The van der Waals surface area contributed by atoms with Crippen molar-refractivity contribution in [3.05, 3.63) is 66.0 Å². The van der Waals surface area contributed by atoms with Crippen molar-refractivity contribution in [2.75, 3.05) is 6.61 Å². The Kier molecular flexibility index (Phi) is 6.65. The fraction of sp³-hybridized carbons (Fsp3) is 0.348. The van der Waals surface area contributed by atoms with E-state index in [0.717, 1.165) is 22.6 Å². The quantitative estimate of drug-likeness (QED) is 0.566. The number of aryl methyl sites for hydroxylation is 2. The van der Waals surface area contributed by atoms with Gasteiger partial charge in [0.15, 0.2) is 6.61 Å². The molecule has 0 bridgehead atoms. The summed E-state index contributed by atoms with van der Waals surface area (Å²) >= 11 is 0. The van der Waals surface area contributed by atoms with Crippen LogP contribution in [0.2, 0.25) is 0 Å². The van der Waals surface area contributed by atoms with Crippen LogP contribution in [0, 0.1) is 6.92 Å². The van der Waals surface area contributed by atoms with Gasteiger partial charge in [-0.3, -0.25) is 9.78 Å². The maximum atomic E-state index is 12.8. The van der Waals surface area contributed by atoms with E-state index in [9.17, 15) is 4.79 Å². The molecule has 152 valence electrons. The molecule has 2 aromatic heterocycles. The van der Waals surface area contributed by atoms with Gasteiger partial charge < -0.3 is 14.1 Å². The van der Waals surface area contributed by atoms with Gasteiger partial charge in [-0.25, -0.2) is 4.98 Å². The van der Waals surface area contributed by atoms with E-state index in [1.807, 2.05) is 64.1 Å². The summed E-state index contributed by atoms with van der Waals surface area (Å²) in [5.74, 6) is 1.87. The Morgan fingerprint density at radius 2 is 1.97 bits per heavy atom. The topological polar surface area (TPSA) is 68.5 Å². The number of benzene rings is 1. The van der Waals surface area contributed by atoms with E-state index in [1.165, 1.54) is 0 Å². The highest BCUT2D eigenvalue weighted by Crippen LogP contribution is 2.25. The van der Waals surface area contributed by atoms with E-state index in [-0.39, 0.29) is 18.6 Å². The Labute approximate surface area is 171 Å². The van der Waals surface area contributed by atoms with Crippen molar-refractivity contribution in [3.8, 4) is 17.0 Å². The van der Waals surface area contributed by atoms with Crippen LogP contribution in [-0.4, -0.2) is 33.4 Å². The first-order valence-corrected chi connectivity index (χ1v) is 9.85. The number of amides is 1. The largest absolute Gasteiger partial charge is 0.484 e. The second-order valence-electron chi connectivity index (χ2n) is 7.19. The molecule has 0 N–H and O–H groups in total. The van der Waals surface area contributed by atoms with Gasteiger partial charge >= 0.3 is 0 Å². The van der Waals surface area contributed by atoms with Gasteiger partial charge in [0.1, 0.15) is 17.2 Å². The maximum Gasteiger partial charge on any atom is 0.261 e. The van der Waals surface area contributed by atoms with Crippen LogP contribution < -0.4 is 4.74 Å². The maximum absolute atomic E-state index is 12.8. The average Bonchev–Trinajstić information content (AvgIpc) is 3.15. The molecule has 29 heavy (non-hydrogen) atoms. The van der Waals surface area contributed by atoms with Crippen molar-refractivity contribution in [2.24, 2.45) is 0 Å². The third-order valence-corrected chi connectivity index (χ3v) is 4.63. The molecule has 0 aliphatic rings. The molecule has 0 aliphatic heterocycles. The van der Waals surface area contributed by atoms with Crippen LogP contribution in [0.4, 0.5) is 0 Å². The zero-order valence-corrected chi connectivity index (χ0v) is 17.4. The van der Waals surface area contributed by atoms with Crippen LogP contribution in [0.25, 0.3) is 11.3 Å². The van der Waals surface area contributed by atoms with E-state index in [0.29, 0.717) is 24.6 Å². The van der Waals surface area contributed by atoms with Gasteiger partial charge in [-0.15, -0.1) is 0 Å². The molecule has 0 radical (unpaired) electrons. The van der Waals surface area contributed by atoms with Gasteiger partial charge in [-0.05, 0) is 45.0 Å². The molecule has 0 saturated carbocycles. The van der Waals surface area contributed by atoms with Crippen molar-refractivity contribution >= 4 is 5.91 Å². The first kappa shape index (κ1) is 20.6. The minimum Gasteiger partial charge on any atom is -0.484 e. The summed E-state index contributed by atoms with van der Waals surface area (Å²) in [5, 5.41) is 0. The van der Waals surface area contributed by atoms with Gasteiger partial charge in [0.25, 0.3) is 5.91 Å². The molecule has 6 heteroatoms. The normalized spacial score (nSPS) is 10.9. The molecule has 6 nitrogen and oxygen atoms in total. The second kappa shape index (κ2) is 9.37. The van der Waals surface area contributed by atoms with Gasteiger partial charge in [-0.1, -0.05) is 24.6 Å². The fourth-order valence-corrected chi connectivity index (χ4v) is 3.00. The van der Waals surface area contributed by atoms with E-state index in [4.69, 9.17) is 9.15 Å². The standard InChI is InChI=1S/C23H27N3O3/c1-5-20-23(18-7-6-12-24-13-18)25-21(29-20)14-26(16(2)3)22(27)15-28-19-10-8-17(4)9-11-19/h6-13,16H,5,14-15H2,1-4H3. The molecule has 0 saturated heterocycles. The van der Waals surface area contributed by atoms with Crippen molar-refractivity contribution < 1.29 is 13.9 Å². The summed E-state index contributed by atoms with van der Waals surface area (Å²) in [6.07, 6.45) is 4.20. The molecule has 1 aromatic carbocycles. The predicted octanol–water partition coefficient (Wildman–Crippen LogP) is 4.42. The van der Waals surface area contributed by atoms with Crippen LogP contribution >= 0.6 is 0 Å². The Bertz CT molecular complexity index is 934. The number of aromatic nitrogens is 2. The molecule has 0 atom stereocenters. The Hall–Kier alpha value is -3.15. The third-order valence-electron chi connectivity index (χ3n) is 4.63. The highest BCUT2D eigenvalue weighted by Gasteiger charge is 2.22. The van der Waals surface area contributed by atoms with Crippen LogP contribution in [0.5, 0.6) is 5.75 Å². The zero-order chi connectivity index (χ0) is 20.8. The Morgan fingerprint density at radius 3 is 2.59 bits per heavy atom. The molecule has 3 rings (SSSR count). The molecule has 0 aliphatic carbocycles. The summed E-state index contributed by atoms with van der Waals surface area (Å²) in [6.45, 7) is 8.23. The molecule has 0 spiro atoms. The van der Waals surface area contributed by atoms with Crippen molar-refractivity contribution in [3.63, 3.8) is 0 Å². The lowest BCUT2D eigenvalue weighted by Crippen LogP contribution is -2.39. The number of carbonyl (C=O) groups excluding carboxylic acids is 1. The number of ether oxygens (including phenoxy) is 1. The molecule has 2 heterocycles. The Morgan fingerprint density at radius 1 is 1.21 bits per heavy atom. The smallest absolute Gasteiger partial charge is 0.261 e. The molecule has 3 aromatic rings. The number of hydrogen-bond acceptors (Lipinski definition) is 5. The third kappa shape index (κ3) is 5.22. The molecule has 1 amide bonds. The van der Waals surface area contributed by atoms with Crippen LogP contribution in [0.1, 0.15) is 38.0 Å². The zero-order valence-electron chi connectivity index (χ0n) is 17.4. The monoisotopic (exact) mass is 393 g/mol. The molecular weight excluding hydrogens is 366 g/mol. The minimum absolute atomic E-state index is 0.0112. The van der Waals surface area contributed by atoms with Crippen molar-refractivity contribution in [2.45, 2.75) is 46.7 Å². The summed E-state index contributed by atoms with van der Waals surface area (Å²) in [7, 11) is 0. The first-order chi connectivity index (χ1) is 14.0. The number of rotatable bonds is 8. The second-order valence-corrected chi connectivity index (χ2v) is 7.19. The lowest BCUT2D eigenvalue weighted by Gasteiger charge is -2.25. The SMILES string of the molecule is CCc1oc(CN(C(=O)COc2ccc(C)cc2)C(C)C)nc1-c1cccnc1. The number of carbonyl (C=O) groups is 1. The Balaban J connectivity index is 1.72. The predicted molar refractivity (Wildman–Crippen MR) is 111 cm³/mol. The highest BCUT2D eigenvalue weighted by atomic mass is 16.5. The lowest BCUT2D eigenvalue weighted by atomic mass is 10.1.